The summed E-state index contributed by atoms with van der Waals surface area (Å²) in [6.45, 7) is 8.57. The minimum Gasteiger partial charge on any atom is -0.497 e. The van der Waals surface area contributed by atoms with Crippen LogP contribution < -0.4 is 10.2 Å². The number of methoxy groups -OCH3 is 1. The standard InChI is InChI=1S/C14H18N2O3.C10H12F3N3/c1-11(17)15-6-8-16(9-7-15)14(18)12-4-3-5-13(10-12)19-2;1-7-9(10(11,12)13)8(6-14-15-7)16-4-2-3-5-16/h3-5,10H,6-9H2,1-2H3;6,15H,1-5H2. The Hall–Kier alpha value is -3.50. The van der Waals surface area contributed by atoms with Gasteiger partial charge in [-0.3, -0.25) is 15.0 Å². The molecule has 0 radical (unpaired) electrons. The number of likely N-dealkylation sites (tertiary alicyclic amines) is 1. The van der Waals surface area contributed by atoms with Crippen LogP contribution in [0.2, 0.25) is 0 Å². The van der Waals surface area contributed by atoms with Gasteiger partial charge in [0.15, 0.2) is 0 Å². The number of nitrogens with zero attached hydrogens (tertiary/aromatic N) is 4. The average molecular weight is 494 g/mol. The van der Waals surface area contributed by atoms with E-state index in [1.807, 2.05) is 6.07 Å². The lowest BCUT2D eigenvalue weighted by Crippen LogP contribution is -2.50. The van der Waals surface area contributed by atoms with Gasteiger partial charge in [0.05, 0.1) is 24.7 Å². The third-order valence-corrected chi connectivity index (χ3v) is 6.00. The second-order valence-electron chi connectivity index (χ2n) is 8.33. The van der Waals surface area contributed by atoms with Crippen molar-refractivity contribution in [3.63, 3.8) is 0 Å². The Kier molecular flexibility index (Phi) is 8.42. The van der Waals surface area contributed by atoms with Crippen LogP contribution in [0.25, 0.3) is 0 Å². The summed E-state index contributed by atoms with van der Waals surface area (Å²) in [5, 5.41) is 3.67. The highest BCUT2D eigenvalue weighted by molar-refractivity contribution is 5.94. The van der Waals surface area contributed by atoms with Crippen molar-refractivity contribution in [3.8, 4) is 5.75 Å². The van der Waals surface area contributed by atoms with E-state index in [9.17, 15) is 22.8 Å². The fourth-order valence-corrected chi connectivity index (χ4v) is 4.12. The number of hydrazone groups is 1. The third-order valence-electron chi connectivity index (χ3n) is 6.00. The van der Waals surface area contributed by atoms with E-state index in [1.165, 1.54) is 6.21 Å². The second-order valence-corrected chi connectivity index (χ2v) is 8.33. The van der Waals surface area contributed by atoms with Crippen LogP contribution in [-0.2, 0) is 4.79 Å². The number of nitrogens with one attached hydrogen (secondary N) is 1. The van der Waals surface area contributed by atoms with Gasteiger partial charge in [-0.2, -0.15) is 18.3 Å². The quantitative estimate of drug-likeness (QED) is 0.701. The molecule has 1 N–H and O–H groups in total. The summed E-state index contributed by atoms with van der Waals surface area (Å²) in [4.78, 5) is 28.8. The minimum absolute atomic E-state index is 0.0119. The second kappa shape index (κ2) is 11.3. The molecule has 4 rings (SSSR count). The van der Waals surface area contributed by atoms with Gasteiger partial charge < -0.3 is 19.4 Å². The van der Waals surface area contributed by atoms with Gasteiger partial charge in [-0.1, -0.05) is 12.6 Å². The van der Waals surface area contributed by atoms with Crippen molar-refractivity contribution >= 4 is 18.0 Å². The molecule has 35 heavy (non-hydrogen) atoms. The van der Waals surface area contributed by atoms with E-state index in [-0.39, 0.29) is 23.2 Å². The van der Waals surface area contributed by atoms with E-state index in [2.05, 4.69) is 17.1 Å². The number of rotatable bonds is 3. The van der Waals surface area contributed by atoms with Crippen LogP contribution in [0.4, 0.5) is 13.2 Å². The van der Waals surface area contributed by atoms with Gasteiger partial charge in [0, 0.05) is 51.8 Å². The Morgan fingerprint density at radius 3 is 2.26 bits per heavy atom. The lowest BCUT2D eigenvalue weighted by molar-refractivity contribution is -0.130. The monoisotopic (exact) mass is 493 g/mol. The van der Waals surface area contributed by atoms with E-state index in [1.54, 1.807) is 46.9 Å². The van der Waals surface area contributed by atoms with Gasteiger partial charge >= 0.3 is 6.18 Å². The highest BCUT2D eigenvalue weighted by Crippen LogP contribution is 2.35. The molecule has 0 unspecified atom stereocenters. The topological polar surface area (TPSA) is 77.5 Å². The summed E-state index contributed by atoms with van der Waals surface area (Å²) in [7, 11) is 1.58. The molecule has 1 aromatic carbocycles. The van der Waals surface area contributed by atoms with Crippen LogP contribution >= 0.6 is 0 Å². The molecule has 190 valence electrons. The first-order valence-corrected chi connectivity index (χ1v) is 11.4. The van der Waals surface area contributed by atoms with Crippen molar-refractivity contribution in [1.82, 2.24) is 20.1 Å². The summed E-state index contributed by atoms with van der Waals surface area (Å²) < 4.78 is 43.7. The molecular weight excluding hydrogens is 463 g/mol. The van der Waals surface area contributed by atoms with Crippen LogP contribution in [0.5, 0.6) is 5.75 Å². The van der Waals surface area contributed by atoms with Gasteiger partial charge in [0.2, 0.25) is 5.91 Å². The Balaban J connectivity index is 0.000000198. The molecule has 0 aromatic heterocycles. The zero-order chi connectivity index (χ0) is 25.6. The SMILES string of the molecule is C=C1NN=CC(N2CCCC2)=C1C(F)(F)F.COc1cccc(C(=O)N2CCN(C(C)=O)CC2)c1. The van der Waals surface area contributed by atoms with Crippen LogP contribution in [0.3, 0.4) is 0 Å². The maximum atomic E-state index is 12.8. The molecule has 0 spiro atoms. The van der Waals surface area contributed by atoms with Gasteiger partial charge in [0.25, 0.3) is 5.91 Å². The average Bonchev–Trinajstić information content (AvgIpc) is 3.38. The summed E-state index contributed by atoms with van der Waals surface area (Å²) in [6.07, 6.45) is -1.33. The lowest BCUT2D eigenvalue weighted by atomic mass is 10.1. The smallest absolute Gasteiger partial charge is 0.420 e. The number of piperazine rings is 1. The molecule has 2 saturated heterocycles. The number of ether oxygens (including phenoxy) is 1. The number of halogens is 3. The van der Waals surface area contributed by atoms with Crippen molar-refractivity contribution in [1.29, 1.82) is 0 Å². The lowest BCUT2D eigenvalue weighted by Gasteiger charge is -2.34. The van der Waals surface area contributed by atoms with E-state index in [0.29, 0.717) is 50.6 Å². The predicted molar refractivity (Wildman–Crippen MR) is 126 cm³/mol. The first-order chi connectivity index (χ1) is 16.6. The molecule has 1 aromatic rings. The molecule has 3 heterocycles. The van der Waals surface area contributed by atoms with Gasteiger partial charge in [-0.15, -0.1) is 0 Å². The fourth-order valence-electron chi connectivity index (χ4n) is 4.12. The van der Waals surface area contributed by atoms with Crippen molar-refractivity contribution in [3.05, 3.63) is 53.4 Å². The number of carbonyl (C=O) groups excluding carboxylic acids is 2. The van der Waals surface area contributed by atoms with Crippen molar-refractivity contribution in [2.75, 3.05) is 46.4 Å². The Morgan fingerprint density at radius 1 is 1.06 bits per heavy atom. The van der Waals surface area contributed by atoms with Crippen molar-refractivity contribution in [2.24, 2.45) is 5.10 Å². The summed E-state index contributed by atoms with van der Waals surface area (Å²) in [6, 6.07) is 7.13. The zero-order valence-electron chi connectivity index (χ0n) is 19.9. The van der Waals surface area contributed by atoms with E-state index < -0.39 is 11.7 Å². The highest BCUT2D eigenvalue weighted by atomic mass is 19.4. The number of amides is 2. The molecule has 0 atom stereocenters. The molecule has 2 fully saturated rings. The first-order valence-electron chi connectivity index (χ1n) is 11.4. The molecular formula is C24H30F3N5O3. The summed E-state index contributed by atoms with van der Waals surface area (Å²) >= 11 is 0. The molecule has 2 amide bonds. The maximum absolute atomic E-state index is 12.8. The van der Waals surface area contributed by atoms with E-state index >= 15 is 0 Å². The van der Waals surface area contributed by atoms with Crippen molar-refractivity contribution < 1.29 is 27.5 Å². The molecule has 11 heteroatoms. The van der Waals surface area contributed by atoms with Gasteiger partial charge in [0.1, 0.15) is 11.3 Å². The molecule has 0 saturated carbocycles. The molecule has 3 aliphatic heterocycles. The highest BCUT2D eigenvalue weighted by Gasteiger charge is 2.40. The number of allylic oxidation sites excluding steroid dienone is 2. The molecule has 0 aliphatic carbocycles. The molecule has 0 bridgehead atoms. The number of alkyl halides is 3. The number of carbonyl (C=O) groups is 2. The summed E-state index contributed by atoms with van der Waals surface area (Å²) in [5.74, 6) is 0.726. The normalized spacial score (nSPS) is 18.2. The number of hydrogen-bond donors (Lipinski definition) is 1. The predicted octanol–water partition coefficient (Wildman–Crippen LogP) is 3.00. The van der Waals surface area contributed by atoms with Gasteiger partial charge in [-0.25, -0.2) is 0 Å². The Morgan fingerprint density at radius 2 is 1.69 bits per heavy atom. The Labute approximate surface area is 202 Å². The molecule has 8 nitrogen and oxygen atoms in total. The summed E-state index contributed by atoms with van der Waals surface area (Å²) in [5.41, 5.74) is 2.13. The minimum atomic E-state index is -4.39. The van der Waals surface area contributed by atoms with E-state index in [4.69, 9.17) is 4.74 Å². The van der Waals surface area contributed by atoms with Crippen LogP contribution in [0.15, 0.2) is 52.9 Å². The largest absolute Gasteiger partial charge is 0.497 e. The first kappa shape index (κ1) is 26.1. The Bertz CT molecular complexity index is 1010. The van der Waals surface area contributed by atoms with Crippen LogP contribution in [0, 0.1) is 0 Å². The van der Waals surface area contributed by atoms with E-state index in [0.717, 1.165) is 12.8 Å². The third kappa shape index (κ3) is 6.55. The van der Waals surface area contributed by atoms with Gasteiger partial charge in [-0.05, 0) is 31.0 Å². The van der Waals surface area contributed by atoms with Crippen LogP contribution in [-0.4, -0.2) is 85.3 Å². The maximum Gasteiger partial charge on any atom is 0.420 e. The zero-order valence-corrected chi connectivity index (χ0v) is 19.9. The number of benzene rings is 1. The van der Waals surface area contributed by atoms with Crippen molar-refractivity contribution in [2.45, 2.75) is 25.9 Å². The molecule has 3 aliphatic rings. The van der Waals surface area contributed by atoms with Crippen LogP contribution in [0.1, 0.15) is 30.1 Å². The fraction of sp³-hybridized carbons (Fsp3) is 0.458. The number of hydrogen-bond acceptors (Lipinski definition) is 6.